The molecule has 0 aliphatic carbocycles. The highest BCUT2D eigenvalue weighted by Crippen LogP contribution is 2.46. The Balaban J connectivity index is 1.35. The zero-order valence-electron chi connectivity index (χ0n) is 18.5. The standard InChI is InChI=1S/C25H29F2N3O2/c1-3-4-5-18-14-20(16-28-17(18)2)32-13-12-30-10-8-25(9-11-30)21-15-19(23(26)27)6-7-22(21)29-24(25)31/h4-7,14-16,23H,3,8-13H2,1-2H3,(H,29,31)/b5-4-. The van der Waals surface area contributed by atoms with E-state index in [2.05, 4.69) is 34.3 Å². The summed E-state index contributed by atoms with van der Waals surface area (Å²) in [5, 5.41) is 2.89. The monoisotopic (exact) mass is 441 g/mol. The lowest BCUT2D eigenvalue weighted by Crippen LogP contribution is -2.47. The minimum atomic E-state index is -2.54. The van der Waals surface area contributed by atoms with Crippen molar-refractivity contribution < 1.29 is 18.3 Å². The number of amides is 1. The predicted molar refractivity (Wildman–Crippen MR) is 121 cm³/mol. The summed E-state index contributed by atoms with van der Waals surface area (Å²) in [7, 11) is 0. The van der Waals surface area contributed by atoms with E-state index in [4.69, 9.17) is 4.74 Å². The number of hydrogen-bond donors (Lipinski definition) is 1. The molecule has 2 aromatic rings. The number of carbonyl (C=O) groups is 1. The van der Waals surface area contributed by atoms with Crippen molar-refractivity contribution in [1.29, 1.82) is 0 Å². The van der Waals surface area contributed by atoms with E-state index in [-0.39, 0.29) is 11.5 Å². The first kappa shape index (κ1) is 22.4. The minimum absolute atomic E-state index is 0.0321. The summed E-state index contributed by atoms with van der Waals surface area (Å²) >= 11 is 0. The Bertz CT molecular complexity index is 1010. The van der Waals surface area contributed by atoms with Gasteiger partial charge in [0.2, 0.25) is 5.91 Å². The van der Waals surface area contributed by atoms with Gasteiger partial charge in [-0.05, 0) is 68.6 Å². The van der Waals surface area contributed by atoms with Gasteiger partial charge in [0.15, 0.2) is 0 Å². The smallest absolute Gasteiger partial charge is 0.263 e. The van der Waals surface area contributed by atoms with Crippen LogP contribution in [0.1, 0.15) is 55.0 Å². The first-order valence-corrected chi connectivity index (χ1v) is 11.2. The van der Waals surface area contributed by atoms with Crippen molar-refractivity contribution in [2.75, 3.05) is 31.6 Å². The van der Waals surface area contributed by atoms with Crippen LogP contribution in [-0.4, -0.2) is 42.0 Å². The number of carbonyl (C=O) groups excluding carboxylic acids is 1. The average Bonchev–Trinajstić information content (AvgIpc) is 3.05. The first-order chi connectivity index (χ1) is 15.4. The second kappa shape index (κ2) is 9.36. The lowest BCUT2D eigenvalue weighted by atomic mass is 9.73. The number of piperidine rings is 1. The van der Waals surface area contributed by atoms with Crippen LogP contribution in [0, 0.1) is 6.92 Å². The zero-order chi connectivity index (χ0) is 22.7. The van der Waals surface area contributed by atoms with Crippen molar-refractivity contribution in [3.05, 3.63) is 58.9 Å². The van der Waals surface area contributed by atoms with Gasteiger partial charge in [0.25, 0.3) is 6.43 Å². The number of nitrogens with one attached hydrogen (secondary N) is 1. The fourth-order valence-electron chi connectivity index (χ4n) is 4.54. The first-order valence-electron chi connectivity index (χ1n) is 11.2. The molecule has 0 unspecified atom stereocenters. The van der Waals surface area contributed by atoms with Crippen molar-refractivity contribution in [3.63, 3.8) is 0 Å². The Kier molecular flexibility index (Phi) is 6.55. The molecule has 7 heteroatoms. The summed E-state index contributed by atoms with van der Waals surface area (Å²) in [6, 6.07) is 6.49. The van der Waals surface area contributed by atoms with Gasteiger partial charge in [-0.1, -0.05) is 25.1 Å². The Morgan fingerprint density at radius 3 is 2.78 bits per heavy atom. The molecule has 0 saturated carbocycles. The summed E-state index contributed by atoms with van der Waals surface area (Å²) in [6.07, 6.45) is 5.53. The van der Waals surface area contributed by atoms with Gasteiger partial charge in [-0.3, -0.25) is 14.7 Å². The number of alkyl halides is 2. The molecule has 3 heterocycles. The van der Waals surface area contributed by atoms with Crippen LogP contribution in [0.5, 0.6) is 5.75 Å². The number of aryl methyl sites for hydroxylation is 1. The number of hydrogen-bond acceptors (Lipinski definition) is 4. The van der Waals surface area contributed by atoms with Gasteiger partial charge in [0.1, 0.15) is 12.4 Å². The molecular formula is C25H29F2N3O2. The molecule has 1 amide bonds. The molecule has 1 spiro atoms. The topological polar surface area (TPSA) is 54.5 Å². The van der Waals surface area contributed by atoms with Crippen molar-refractivity contribution in [2.24, 2.45) is 0 Å². The number of halogens is 2. The average molecular weight is 442 g/mol. The van der Waals surface area contributed by atoms with E-state index in [1.54, 1.807) is 12.3 Å². The number of ether oxygens (including phenoxy) is 1. The van der Waals surface area contributed by atoms with Crippen LogP contribution < -0.4 is 10.1 Å². The number of rotatable bonds is 7. The van der Waals surface area contributed by atoms with Crippen molar-refractivity contribution in [3.8, 4) is 5.75 Å². The molecule has 0 bridgehead atoms. The van der Waals surface area contributed by atoms with Crippen LogP contribution in [0.3, 0.4) is 0 Å². The van der Waals surface area contributed by atoms with Gasteiger partial charge in [-0.15, -0.1) is 0 Å². The van der Waals surface area contributed by atoms with Crippen LogP contribution in [0.25, 0.3) is 6.08 Å². The highest BCUT2D eigenvalue weighted by Gasteiger charge is 2.48. The summed E-state index contributed by atoms with van der Waals surface area (Å²) in [4.78, 5) is 19.4. The molecule has 0 radical (unpaired) electrons. The molecule has 4 rings (SSSR count). The van der Waals surface area contributed by atoms with Gasteiger partial charge in [-0.2, -0.15) is 0 Å². The van der Waals surface area contributed by atoms with Crippen LogP contribution in [0.2, 0.25) is 0 Å². The van der Waals surface area contributed by atoms with E-state index in [9.17, 15) is 13.6 Å². The second-order valence-electron chi connectivity index (χ2n) is 8.49. The third-order valence-electron chi connectivity index (χ3n) is 6.51. The minimum Gasteiger partial charge on any atom is -0.491 e. The summed E-state index contributed by atoms with van der Waals surface area (Å²) in [6.45, 7) is 6.75. The molecule has 1 N–H and O–H groups in total. The van der Waals surface area contributed by atoms with Gasteiger partial charge >= 0.3 is 0 Å². The lowest BCUT2D eigenvalue weighted by molar-refractivity contribution is -0.122. The van der Waals surface area contributed by atoms with Crippen LogP contribution in [-0.2, 0) is 10.2 Å². The predicted octanol–water partition coefficient (Wildman–Crippen LogP) is 5.12. The number of likely N-dealkylation sites (tertiary alicyclic amines) is 1. The fourth-order valence-corrected chi connectivity index (χ4v) is 4.54. The Morgan fingerprint density at radius 2 is 2.06 bits per heavy atom. The molecule has 1 saturated heterocycles. The number of allylic oxidation sites excluding steroid dienone is 1. The highest BCUT2D eigenvalue weighted by atomic mass is 19.3. The van der Waals surface area contributed by atoms with E-state index < -0.39 is 11.8 Å². The SMILES string of the molecule is CC/C=C\c1cc(OCCN2CCC3(CC2)C(=O)Nc2ccc(C(F)F)cc23)cnc1C. The molecule has 1 aromatic carbocycles. The lowest BCUT2D eigenvalue weighted by Gasteiger charge is -2.38. The number of benzene rings is 1. The third-order valence-corrected chi connectivity index (χ3v) is 6.51. The van der Waals surface area contributed by atoms with Crippen molar-refractivity contribution >= 4 is 17.7 Å². The molecule has 5 nitrogen and oxygen atoms in total. The van der Waals surface area contributed by atoms with Crippen molar-refractivity contribution in [1.82, 2.24) is 9.88 Å². The largest absolute Gasteiger partial charge is 0.491 e. The summed E-state index contributed by atoms with van der Waals surface area (Å²) in [5.41, 5.74) is 2.66. The van der Waals surface area contributed by atoms with E-state index >= 15 is 0 Å². The number of anilines is 1. The third kappa shape index (κ3) is 4.39. The van der Waals surface area contributed by atoms with E-state index in [1.165, 1.54) is 12.1 Å². The zero-order valence-corrected chi connectivity index (χ0v) is 18.5. The maximum atomic E-state index is 13.2. The molecule has 1 aromatic heterocycles. The van der Waals surface area contributed by atoms with Crippen LogP contribution in [0.4, 0.5) is 14.5 Å². The molecular weight excluding hydrogens is 412 g/mol. The van der Waals surface area contributed by atoms with E-state index in [1.807, 2.05) is 13.0 Å². The van der Waals surface area contributed by atoms with Gasteiger partial charge < -0.3 is 10.1 Å². The maximum Gasteiger partial charge on any atom is 0.263 e. The molecule has 2 aliphatic heterocycles. The van der Waals surface area contributed by atoms with Crippen LogP contribution in [0.15, 0.2) is 36.5 Å². The Morgan fingerprint density at radius 1 is 1.28 bits per heavy atom. The summed E-state index contributed by atoms with van der Waals surface area (Å²) in [5.74, 6) is 0.664. The van der Waals surface area contributed by atoms with E-state index in [0.717, 1.165) is 35.5 Å². The summed E-state index contributed by atoms with van der Waals surface area (Å²) < 4.78 is 32.3. The number of aromatic nitrogens is 1. The highest BCUT2D eigenvalue weighted by molar-refractivity contribution is 6.06. The van der Waals surface area contributed by atoms with Gasteiger partial charge in [-0.25, -0.2) is 8.78 Å². The number of fused-ring (bicyclic) bond motifs is 2. The number of pyridine rings is 1. The Labute approximate surface area is 187 Å². The van der Waals surface area contributed by atoms with E-state index in [0.29, 0.717) is 38.2 Å². The van der Waals surface area contributed by atoms with Gasteiger partial charge in [0.05, 0.1) is 11.6 Å². The molecule has 170 valence electrons. The molecule has 2 aliphatic rings. The van der Waals surface area contributed by atoms with Crippen molar-refractivity contribution in [2.45, 2.75) is 45.0 Å². The van der Waals surface area contributed by atoms with Crippen LogP contribution >= 0.6 is 0 Å². The maximum absolute atomic E-state index is 13.2. The quantitative estimate of drug-likeness (QED) is 0.648. The fraction of sp³-hybridized carbons (Fsp3) is 0.440. The molecule has 1 fully saturated rings. The normalized spacial score (nSPS) is 17.8. The Hall–Kier alpha value is -2.80. The second-order valence-corrected chi connectivity index (χ2v) is 8.49. The number of nitrogens with zero attached hydrogens (tertiary/aromatic N) is 2. The molecule has 32 heavy (non-hydrogen) atoms. The molecule has 0 atom stereocenters. The van der Waals surface area contributed by atoms with Gasteiger partial charge in [0, 0.05) is 23.5 Å².